The zero-order chi connectivity index (χ0) is 21.1. The van der Waals surface area contributed by atoms with Crippen LogP contribution in [0, 0.1) is 0 Å². The minimum atomic E-state index is 0. The molecule has 0 saturated carbocycles. The van der Waals surface area contributed by atoms with Crippen molar-refractivity contribution in [2.45, 2.75) is 53.6 Å². The highest BCUT2D eigenvalue weighted by molar-refractivity contribution is 14.0. The summed E-state index contributed by atoms with van der Waals surface area (Å²) in [6.45, 7) is 10.7. The Morgan fingerprint density at radius 1 is 1.10 bits per heavy atom. The van der Waals surface area contributed by atoms with Crippen molar-refractivity contribution in [1.82, 2.24) is 20.7 Å². The number of guanidine groups is 1. The molecule has 0 unspecified atom stereocenters. The van der Waals surface area contributed by atoms with Crippen molar-refractivity contribution in [2.24, 2.45) is 4.99 Å². The van der Waals surface area contributed by atoms with Crippen molar-refractivity contribution in [2.75, 3.05) is 19.6 Å². The van der Waals surface area contributed by atoms with E-state index in [-0.39, 0.29) is 36.4 Å². The molecule has 8 heteroatoms. The van der Waals surface area contributed by atoms with E-state index in [4.69, 9.17) is 4.52 Å². The van der Waals surface area contributed by atoms with Gasteiger partial charge in [0.1, 0.15) is 5.76 Å². The van der Waals surface area contributed by atoms with E-state index >= 15 is 0 Å². The van der Waals surface area contributed by atoms with Gasteiger partial charge in [-0.15, -0.1) is 24.0 Å². The van der Waals surface area contributed by atoms with Crippen molar-refractivity contribution in [3.63, 3.8) is 0 Å². The number of halogens is 1. The quantitative estimate of drug-likeness (QED) is 0.281. The van der Waals surface area contributed by atoms with Crippen LogP contribution in [0.5, 0.6) is 0 Å². The molecule has 0 aliphatic rings. The lowest BCUT2D eigenvalue weighted by molar-refractivity contribution is -0.130. The summed E-state index contributed by atoms with van der Waals surface area (Å²) in [5, 5.41) is 10.5. The zero-order valence-electron chi connectivity index (χ0n) is 18.4. The molecule has 1 aromatic heterocycles. The second kappa shape index (κ2) is 14.0. The molecule has 1 amide bonds. The van der Waals surface area contributed by atoms with Crippen molar-refractivity contribution in [3.8, 4) is 0 Å². The monoisotopic (exact) mass is 527 g/mol. The van der Waals surface area contributed by atoms with Crippen molar-refractivity contribution in [1.29, 1.82) is 0 Å². The highest BCUT2D eigenvalue weighted by Crippen LogP contribution is 2.16. The molecule has 0 aliphatic heterocycles. The Hall–Kier alpha value is -2.10. The molecule has 1 aromatic carbocycles. The van der Waals surface area contributed by atoms with Gasteiger partial charge in [-0.3, -0.25) is 4.79 Å². The van der Waals surface area contributed by atoms with Gasteiger partial charge in [0.15, 0.2) is 5.96 Å². The van der Waals surface area contributed by atoms with Crippen LogP contribution in [-0.2, 0) is 30.7 Å². The van der Waals surface area contributed by atoms with E-state index < -0.39 is 0 Å². The SMILES string of the molecule is CCNC(=NCc1c(CC)noc1CC)NCC(=O)N(CC)Cc1ccccc1.I. The number of carbonyl (C=O) groups excluding carboxylic acids is 1. The van der Waals surface area contributed by atoms with Gasteiger partial charge in [-0.25, -0.2) is 4.99 Å². The third-order valence-electron chi connectivity index (χ3n) is 4.70. The first-order chi connectivity index (χ1) is 14.1. The van der Waals surface area contributed by atoms with E-state index in [1.165, 1.54) is 0 Å². The number of rotatable bonds is 10. The summed E-state index contributed by atoms with van der Waals surface area (Å²) in [6.07, 6.45) is 1.59. The van der Waals surface area contributed by atoms with Crippen LogP contribution in [0.15, 0.2) is 39.8 Å². The number of likely N-dealkylation sites (N-methyl/N-ethyl adjacent to an activating group) is 1. The van der Waals surface area contributed by atoms with Crippen molar-refractivity contribution >= 4 is 35.8 Å². The Labute approximate surface area is 196 Å². The van der Waals surface area contributed by atoms with Gasteiger partial charge in [0.2, 0.25) is 5.91 Å². The first-order valence-electron chi connectivity index (χ1n) is 10.4. The van der Waals surface area contributed by atoms with Crippen LogP contribution in [-0.4, -0.2) is 41.6 Å². The molecule has 0 atom stereocenters. The van der Waals surface area contributed by atoms with Gasteiger partial charge in [0, 0.05) is 31.6 Å². The lowest BCUT2D eigenvalue weighted by Crippen LogP contribution is -2.44. The first-order valence-corrected chi connectivity index (χ1v) is 10.4. The Kier molecular flexibility index (Phi) is 12.1. The summed E-state index contributed by atoms with van der Waals surface area (Å²) in [5.74, 6) is 1.52. The molecule has 30 heavy (non-hydrogen) atoms. The molecule has 2 rings (SSSR count). The number of benzene rings is 1. The molecule has 0 bridgehead atoms. The summed E-state index contributed by atoms with van der Waals surface area (Å²) in [7, 11) is 0. The minimum Gasteiger partial charge on any atom is -0.361 e. The van der Waals surface area contributed by atoms with Crippen LogP contribution in [0.1, 0.15) is 50.3 Å². The summed E-state index contributed by atoms with van der Waals surface area (Å²) >= 11 is 0. The molecule has 0 aliphatic carbocycles. The number of amides is 1. The molecule has 2 aromatic rings. The number of aromatic nitrogens is 1. The lowest BCUT2D eigenvalue weighted by Gasteiger charge is -2.22. The number of hydrogen-bond donors (Lipinski definition) is 2. The third-order valence-corrected chi connectivity index (χ3v) is 4.70. The standard InChI is InChI=1S/C22H33N5O2.HI/c1-5-19-18(20(6-2)29-26-19)14-24-22(23-7-3)25-15-21(28)27(8-4)16-17-12-10-9-11-13-17;/h9-13H,5-8,14-16H2,1-4H3,(H2,23,24,25);1H. The van der Waals surface area contributed by atoms with Crippen LogP contribution in [0.3, 0.4) is 0 Å². The maximum Gasteiger partial charge on any atom is 0.242 e. The molecule has 166 valence electrons. The predicted molar refractivity (Wildman–Crippen MR) is 131 cm³/mol. The zero-order valence-corrected chi connectivity index (χ0v) is 20.7. The highest BCUT2D eigenvalue weighted by Gasteiger charge is 2.15. The summed E-state index contributed by atoms with van der Waals surface area (Å²) < 4.78 is 5.41. The Balaban J connectivity index is 0.00000450. The van der Waals surface area contributed by atoms with E-state index in [1.54, 1.807) is 0 Å². The van der Waals surface area contributed by atoms with Crippen molar-refractivity contribution in [3.05, 3.63) is 52.9 Å². The van der Waals surface area contributed by atoms with Gasteiger partial charge in [0.05, 0.1) is 18.8 Å². The highest BCUT2D eigenvalue weighted by atomic mass is 127. The number of hydrogen-bond acceptors (Lipinski definition) is 4. The van der Waals surface area contributed by atoms with Crippen LogP contribution in [0.25, 0.3) is 0 Å². The van der Waals surface area contributed by atoms with Gasteiger partial charge in [-0.1, -0.05) is 49.3 Å². The van der Waals surface area contributed by atoms with Gasteiger partial charge in [-0.05, 0) is 25.8 Å². The van der Waals surface area contributed by atoms with Gasteiger partial charge < -0.3 is 20.1 Å². The molecule has 0 spiro atoms. The van der Waals surface area contributed by atoms with E-state index in [0.717, 1.165) is 35.4 Å². The largest absolute Gasteiger partial charge is 0.361 e. The van der Waals surface area contributed by atoms with E-state index in [0.29, 0.717) is 32.1 Å². The summed E-state index contributed by atoms with van der Waals surface area (Å²) in [6, 6.07) is 10.0. The molecular weight excluding hydrogens is 493 g/mol. The fourth-order valence-corrected chi connectivity index (χ4v) is 3.07. The minimum absolute atomic E-state index is 0. The normalized spacial score (nSPS) is 11.0. The fourth-order valence-electron chi connectivity index (χ4n) is 3.07. The van der Waals surface area contributed by atoms with Crippen LogP contribution < -0.4 is 10.6 Å². The number of nitrogens with zero attached hydrogens (tertiary/aromatic N) is 3. The molecule has 7 nitrogen and oxygen atoms in total. The van der Waals surface area contributed by atoms with E-state index in [2.05, 4.69) is 27.7 Å². The van der Waals surface area contributed by atoms with Crippen LogP contribution in [0.2, 0.25) is 0 Å². The summed E-state index contributed by atoms with van der Waals surface area (Å²) in [4.78, 5) is 19.1. The average molecular weight is 527 g/mol. The molecule has 2 N–H and O–H groups in total. The van der Waals surface area contributed by atoms with E-state index in [1.807, 2.05) is 56.0 Å². The van der Waals surface area contributed by atoms with Gasteiger partial charge >= 0.3 is 0 Å². The van der Waals surface area contributed by atoms with Crippen LogP contribution in [0.4, 0.5) is 0 Å². The third kappa shape index (κ3) is 7.62. The van der Waals surface area contributed by atoms with Crippen molar-refractivity contribution < 1.29 is 9.32 Å². The smallest absolute Gasteiger partial charge is 0.242 e. The Bertz CT molecular complexity index is 771. The molecule has 0 fully saturated rings. The topological polar surface area (TPSA) is 82.8 Å². The maximum atomic E-state index is 12.7. The number of aliphatic imine (C=N–C) groups is 1. The first kappa shape index (κ1) is 25.9. The molecule has 0 radical (unpaired) electrons. The van der Waals surface area contributed by atoms with Crippen LogP contribution >= 0.6 is 24.0 Å². The number of nitrogens with one attached hydrogen (secondary N) is 2. The lowest BCUT2D eigenvalue weighted by atomic mass is 10.1. The van der Waals surface area contributed by atoms with Gasteiger partial charge in [0.25, 0.3) is 0 Å². The maximum absolute atomic E-state index is 12.7. The fraction of sp³-hybridized carbons (Fsp3) is 0.500. The molecule has 0 saturated heterocycles. The second-order valence-corrected chi connectivity index (χ2v) is 6.68. The average Bonchev–Trinajstić information content (AvgIpc) is 3.16. The molecular formula is C22H34IN5O2. The Morgan fingerprint density at radius 3 is 2.43 bits per heavy atom. The summed E-state index contributed by atoms with van der Waals surface area (Å²) in [5.41, 5.74) is 3.10. The predicted octanol–water partition coefficient (Wildman–Crippen LogP) is 3.52. The molecule has 1 heterocycles. The number of aryl methyl sites for hydroxylation is 2. The number of carbonyl (C=O) groups is 1. The van der Waals surface area contributed by atoms with Gasteiger partial charge in [-0.2, -0.15) is 0 Å². The van der Waals surface area contributed by atoms with E-state index in [9.17, 15) is 4.79 Å². The second-order valence-electron chi connectivity index (χ2n) is 6.68. The Morgan fingerprint density at radius 2 is 1.83 bits per heavy atom.